The minimum Gasteiger partial charge on any atom is -0.378 e. The fraction of sp³-hybridized carbons (Fsp3) is 0.400. The molecule has 0 radical (unpaired) electrons. The van der Waals surface area contributed by atoms with Crippen LogP contribution in [0.1, 0.15) is 24.2 Å². The van der Waals surface area contributed by atoms with Crippen molar-refractivity contribution >= 4 is 11.4 Å². The summed E-state index contributed by atoms with van der Waals surface area (Å²) in [5, 5.41) is 3.51. The van der Waals surface area contributed by atoms with Gasteiger partial charge in [0, 0.05) is 18.8 Å². The Kier molecular flexibility index (Phi) is 3.40. The van der Waals surface area contributed by atoms with Crippen LogP contribution in [0, 0.1) is 6.92 Å². The first-order valence-corrected chi connectivity index (χ1v) is 6.91. The molecule has 2 N–H and O–H groups in total. The van der Waals surface area contributed by atoms with E-state index in [1.807, 2.05) is 0 Å². The molecule has 0 bridgehead atoms. The van der Waals surface area contributed by atoms with E-state index in [1.165, 1.54) is 37.3 Å². The van der Waals surface area contributed by atoms with Gasteiger partial charge in [-0.2, -0.15) is 0 Å². The monoisotopic (exact) mass is 256 g/mol. The summed E-state index contributed by atoms with van der Waals surface area (Å²) in [5.74, 6) is 0. The van der Waals surface area contributed by atoms with Crippen molar-refractivity contribution in [1.82, 2.24) is 9.97 Å². The first kappa shape index (κ1) is 12.1. The van der Waals surface area contributed by atoms with Crippen molar-refractivity contribution < 1.29 is 0 Å². The smallest absolute Gasteiger partial charge is 0.0925 e. The number of nitrogens with one attached hydrogen (secondary N) is 2. The molecule has 3 rings (SSSR count). The molecule has 1 aliphatic heterocycles. The van der Waals surface area contributed by atoms with Crippen molar-refractivity contribution in [2.24, 2.45) is 0 Å². The Bertz CT molecular complexity index is 541. The average Bonchev–Trinajstić information content (AvgIpc) is 3.08. The van der Waals surface area contributed by atoms with E-state index in [9.17, 15) is 0 Å². The van der Waals surface area contributed by atoms with Crippen LogP contribution in [-0.2, 0) is 6.54 Å². The van der Waals surface area contributed by atoms with E-state index in [0.29, 0.717) is 0 Å². The lowest BCUT2D eigenvalue weighted by atomic mass is 10.2. The quantitative estimate of drug-likeness (QED) is 0.884. The number of H-pyrrole nitrogens is 1. The Hall–Kier alpha value is -1.97. The zero-order valence-electron chi connectivity index (χ0n) is 11.3. The van der Waals surface area contributed by atoms with Crippen molar-refractivity contribution in [3.8, 4) is 0 Å². The third-order valence-electron chi connectivity index (χ3n) is 3.73. The Morgan fingerprint density at radius 1 is 1.26 bits per heavy atom. The molecule has 2 aromatic rings. The van der Waals surface area contributed by atoms with Crippen molar-refractivity contribution in [3.63, 3.8) is 0 Å². The van der Waals surface area contributed by atoms with Gasteiger partial charge in [-0.25, -0.2) is 4.98 Å². The van der Waals surface area contributed by atoms with Crippen molar-refractivity contribution in [1.29, 1.82) is 0 Å². The lowest BCUT2D eigenvalue weighted by Crippen LogP contribution is -2.19. The average molecular weight is 256 g/mol. The second-order valence-corrected chi connectivity index (χ2v) is 5.04. The molecule has 0 saturated carbocycles. The topological polar surface area (TPSA) is 44.0 Å². The van der Waals surface area contributed by atoms with Gasteiger partial charge >= 0.3 is 0 Å². The number of nitrogens with zero attached hydrogens (tertiary/aromatic N) is 2. The highest BCUT2D eigenvalue weighted by Crippen LogP contribution is 2.28. The minimum absolute atomic E-state index is 0.764. The van der Waals surface area contributed by atoms with E-state index >= 15 is 0 Å². The third-order valence-corrected chi connectivity index (χ3v) is 3.73. The standard InChI is InChI=1S/C15H20N4/c1-12-14(18-11-17-12)10-16-13-6-2-3-7-15(13)19-8-4-5-9-19/h2-3,6-7,11,16H,4-5,8-10H2,1H3,(H,17,18). The van der Waals surface area contributed by atoms with E-state index in [-0.39, 0.29) is 0 Å². The van der Waals surface area contributed by atoms with Gasteiger partial charge in [-0.05, 0) is 31.9 Å². The fourth-order valence-corrected chi connectivity index (χ4v) is 2.60. The molecule has 0 spiro atoms. The summed E-state index contributed by atoms with van der Waals surface area (Å²) in [4.78, 5) is 9.90. The summed E-state index contributed by atoms with van der Waals surface area (Å²) >= 11 is 0. The molecular formula is C15H20N4. The first-order valence-electron chi connectivity index (χ1n) is 6.91. The van der Waals surface area contributed by atoms with E-state index in [1.54, 1.807) is 6.33 Å². The molecule has 2 heterocycles. The number of benzene rings is 1. The van der Waals surface area contributed by atoms with Gasteiger partial charge < -0.3 is 15.2 Å². The molecule has 1 aliphatic rings. The van der Waals surface area contributed by atoms with Gasteiger partial charge in [0.1, 0.15) is 0 Å². The molecular weight excluding hydrogens is 236 g/mol. The molecule has 19 heavy (non-hydrogen) atoms. The van der Waals surface area contributed by atoms with Crippen molar-refractivity contribution in [2.75, 3.05) is 23.3 Å². The van der Waals surface area contributed by atoms with Crippen LogP contribution in [0.3, 0.4) is 0 Å². The number of aryl methyl sites for hydroxylation is 1. The highest BCUT2D eigenvalue weighted by molar-refractivity contribution is 5.70. The van der Waals surface area contributed by atoms with Gasteiger partial charge in [0.15, 0.2) is 0 Å². The zero-order valence-corrected chi connectivity index (χ0v) is 11.3. The number of anilines is 2. The number of para-hydroxylation sites is 2. The Balaban J connectivity index is 1.75. The number of rotatable bonds is 4. The van der Waals surface area contributed by atoms with Crippen molar-refractivity contribution in [3.05, 3.63) is 42.0 Å². The SMILES string of the molecule is Cc1[nH]cnc1CNc1ccccc1N1CCCC1. The predicted octanol–water partition coefficient (Wildman–Crippen LogP) is 2.93. The van der Waals surface area contributed by atoms with Gasteiger partial charge in [0.05, 0.1) is 29.9 Å². The second-order valence-electron chi connectivity index (χ2n) is 5.04. The Morgan fingerprint density at radius 3 is 2.79 bits per heavy atom. The summed E-state index contributed by atoms with van der Waals surface area (Å²) in [7, 11) is 0. The second kappa shape index (κ2) is 5.34. The predicted molar refractivity (Wildman–Crippen MR) is 78.5 cm³/mol. The van der Waals surface area contributed by atoms with Gasteiger partial charge in [0.2, 0.25) is 0 Å². The van der Waals surface area contributed by atoms with Crippen LogP contribution < -0.4 is 10.2 Å². The summed E-state index contributed by atoms with van der Waals surface area (Å²) in [6.07, 6.45) is 4.35. The first-order chi connectivity index (χ1) is 9.34. The van der Waals surface area contributed by atoms with Gasteiger partial charge in [0.25, 0.3) is 0 Å². The molecule has 1 fully saturated rings. The molecule has 4 heteroatoms. The van der Waals surface area contributed by atoms with E-state index in [0.717, 1.165) is 17.9 Å². The van der Waals surface area contributed by atoms with Crippen LogP contribution in [0.2, 0.25) is 0 Å². The maximum atomic E-state index is 4.33. The van der Waals surface area contributed by atoms with Crippen LogP contribution in [0.5, 0.6) is 0 Å². The molecule has 0 unspecified atom stereocenters. The summed E-state index contributed by atoms with van der Waals surface area (Å²) < 4.78 is 0. The molecule has 0 aliphatic carbocycles. The van der Waals surface area contributed by atoms with E-state index in [4.69, 9.17) is 0 Å². The highest BCUT2D eigenvalue weighted by atomic mass is 15.2. The number of hydrogen-bond donors (Lipinski definition) is 2. The van der Waals surface area contributed by atoms with Gasteiger partial charge in [-0.3, -0.25) is 0 Å². The molecule has 4 nitrogen and oxygen atoms in total. The van der Waals surface area contributed by atoms with Crippen LogP contribution in [-0.4, -0.2) is 23.1 Å². The minimum atomic E-state index is 0.764. The molecule has 1 aromatic carbocycles. The van der Waals surface area contributed by atoms with E-state index in [2.05, 4.69) is 51.4 Å². The number of aromatic amines is 1. The fourth-order valence-electron chi connectivity index (χ4n) is 2.60. The molecule has 0 amide bonds. The van der Waals surface area contributed by atoms with Gasteiger partial charge in [-0.1, -0.05) is 12.1 Å². The third kappa shape index (κ3) is 2.57. The lowest BCUT2D eigenvalue weighted by molar-refractivity contribution is 0.949. The number of imidazole rings is 1. The normalized spacial score (nSPS) is 14.9. The molecule has 0 atom stereocenters. The number of aromatic nitrogens is 2. The molecule has 1 saturated heterocycles. The lowest BCUT2D eigenvalue weighted by Gasteiger charge is -2.21. The van der Waals surface area contributed by atoms with Crippen LogP contribution in [0.4, 0.5) is 11.4 Å². The van der Waals surface area contributed by atoms with Gasteiger partial charge in [-0.15, -0.1) is 0 Å². The Labute approximate surface area is 113 Å². The molecule has 1 aromatic heterocycles. The Morgan fingerprint density at radius 2 is 2.05 bits per heavy atom. The van der Waals surface area contributed by atoms with Crippen LogP contribution in [0.25, 0.3) is 0 Å². The largest absolute Gasteiger partial charge is 0.378 e. The maximum absolute atomic E-state index is 4.33. The number of hydrogen-bond acceptors (Lipinski definition) is 3. The van der Waals surface area contributed by atoms with E-state index < -0.39 is 0 Å². The van der Waals surface area contributed by atoms with Crippen LogP contribution >= 0.6 is 0 Å². The highest BCUT2D eigenvalue weighted by Gasteiger charge is 2.15. The summed E-state index contributed by atoms with van der Waals surface area (Å²) in [6.45, 7) is 5.15. The molecule has 100 valence electrons. The summed E-state index contributed by atoms with van der Waals surface area (Å²) in [5.41, 5.74) is 4.72. The van der Waals surface area contributed by atoms with Crippen LogP contribution in [0.15, 0.2) is 30.6 Å². The zero-order chi connectivity index (χ0) is 13.1. The maximum Gasteiger partial charge on any atom is 0.0925 e. The summed E-state index contributed by atoms with van der Waals surface area (Å²) in [6, 6.07) is 8.54. The van der Waals surface area contributed by atoms with Crippen molar-refractivity contribution in [2.45, 2.75) is 26.3 Å².